The fraction of sp³-hybridized carbons (Fsp3) is 0.833. The number of nitrogens with zero attached hydrogens (tertiary/aromatic N) is 4. The zero-order chi connectivity index (χ0) is 15.5. The largest absolute Gasteiger partial charge is 0.467 e. The summed E-state index contributed by atoms with van der Waals surface area (Å²) in [4.78, 5) is 28.0. The van der Waals surface area contributed by atoms with Crippen molar-refractivity contribution in [2.45, 2.75) is 57.8 Å². The van der Waals surface area contributed by atoms with Crippen LogP contribution in [0.1, 0.15) is 34.1 Å². The van der Waals surface area contributed by atoms with Crippen LogP contribution in [0.4, 0.5) is 4.79 Å². The van der Waals surface area contributed by atoms with Gasteiger partial charge in [0.25, 0.3) is 0 Å². The zero-order valence-electron chi connectivity index (χ0n) is 12.4. The van der Waals surface area contributed by atoms with Gasteiger partial charge in [-0.2, -0.15) is 0 Å². The number of carbonyl (C=O) groups excluding carboxylic acids is 2. The van der Waals surface area contributed by atoms with Crippen molar-refractivity contribution in [3.63, 3.8) is 0 Å². The maximum atomic E-state index is 12.2. The van der Waals surface area contributed by atoms with Gasteiger partial charge in [-0.25, -0.2) is 9.59 Å². The molecule has 112 valence electrons. The van der Waals surface area contributed by atoms with Gasteiger partial charge >= 0.3 is 12.1 Å². The van der Waals surface area contributed by atoms with Crippen LogP contribution in [0.5, 0.6) is 0 Å². The molecule has 0 aromatic heterocycles. The maximum Gasteiger partial charge on any atom is 0.411 e. The van der Waals surface area contributed by atoms with Crippen LogP contribution in [-0.4, -0.2) is 47.8 Å². The summed E-state index contributed by atoms with van der Waals surface area (Å²) in [5.74, 6) is -0.543. The molecule has 1 aliphatic heterocycles. The molecule has 1 amide bonds. The van der Waals surface area contributed by atoms with Gasteiger partial charge in [-0.1, -0.05) is 5.11 Å². The Morgan fingerprint density at radius 1 is 1.40 bits per heavy atom. The monoisotopic (exact) mass is 284 g/mol. The quantitative estimate of drug-likeness (QED) is 0.335. The number of azide groups is 1. The van der Waals surface area contributed by atoms with E-state index in [2.05, 4.69) is 10.0 Å². The van der Waals surface area contributed by atoms with Gasteiger partial charge in [0.15, 0.2) is 0 Å². The lowest BCUT2D eigenvalue weighted by atomic mass is 10.1. The Labute approximate surface area is 117 Å². The number of methoxy groups -OCH3 is 1. The molecule has 1 aliphatic rings. The molecule has 20 heavy (non-hydrogen) atoms. The van der Waals surface area contributed by atoms with Crippen molar-refractivity contribution >= 4 is 12.1 Å². The van der Waals surface area contributed by atoms with Gasteiger partial charge in [-0.3, -0.25) is 4.90 Å². The van der Waals surface area contributed by atoms with E-state index < -0.39 is 35.8 Å². The predicted octanol–water partition coefficient (Wildman–Crippen LogP) is 2.24. The molecule has 0 saturated carbocycles. The first-order valence-electron chi connectivity index (χ1n) is 6.34. The standard InChI is InChI=1S/C12H20N4O4/c1-7-8(14-15-13)6-9(10(17)19-5)16(7)11(18)20-12(2,3)4/h7-9H,6H2,1-5H3/t7-,8+,9-/m0/s1. The number of esters is 1. The molecule has 0 spiro atoms. The highest BCUT2D eigenvalue weighted by Crippen LogP contribution is 2.29. The smallest absolute Gasteiger partial charge is 0.411 e. The van der Waals surface area contributed by atoms with Gasteiger partial charge < -0.3 is 9.47 Å². The average molecular weight is 284 g/mol. The SMILES string of the molecule is COC(=O)[C@@H]1C[C@@H](N=[N+]=[N-])[C@H](C)N1C(=O)OC(C)(C)C. The van der Waals surface area contributed by atoms with Gasteiger partial charge in [0.1, 0.15) is 11.6 Å². The van der Waals surface area contributed by atoms with E-state index in [1.165, 1.54) is 12.0 Å². The Hall–Kier alpha value is -1.95. The van der Waals surface area contributed by atoms with Crippen LogP contribution in [-0.2, 0) is 14.3 Å². The highest BCUT2D eigenvalue weighted by atomic mass is 16.6. The minimum Gasteiger partial charge on any atom is -0.467 e. The van der Waals surface area contributed by atoms with E-state index in [-0.39, 0.29) is 6.42 Å². The molecular weight excluding hydrogens is 264 g/mol. The summed E-state index contributed by atoms with van der Waals surface area (Å²) >= 11 is 0. The van der Waals surface area contributed by atoms with Crippen molar-refractivity contribution in [1.82, 2.24) is 4.90 Å². The average Bonchev–Trinajstić information content (AvgIpc) is 2.64. The topological polar surface area (TPSA) is 105 Å². The van der Waals surface area contributed by atoms with Gasteiger partial charge in [-0.15, -0.1) is 0 Å². The minimum absolute atomic E-state index is 0.233. The Bertz CT molecular complexity index is 439. The zero-order valence-corrected chi connectivity index (χ0v) is 12.4. The molecule has 0 unspecified atom stereocenters. The van der Waals surface area contributed by atoms with E-state index >= 15 is 0 Å². The second-order valence-electron chi connectivity index (χ2n) is 5.68. The van der Waals surface area contributed by atoms with Crippen LogP contribution in [0, 0.1) is 0 Å². The second kappa shape index (κ2) is 6.00. The van der Waals surface area contributed by atoms with Crippen LogP contribution in [0.2, 0.25) is 0 Å². The van der Waals surface area contributed by atoms with Crippen molar-refractivity contribution in [2.75, 3.05) is 7.11 Å². The Morgan fingerprint density at radius 2 is 2.00 bits per heavy atom. The second-order valence-corrected chi connectivity index (χ2v) is 5.68. The van der Waals surface area contributed by atoms with E-state index in [1.807, 2.05) is 0 Å². The van der Waals surface area contributed by atoms with Crippen molar-refractivity contribution in [1.29, 1.82) is 0 Å². The normalized spacial score (nSPS) is 25.9. The molecular formula is C12H20N4O4. The lowest BCUT2D eigenvalue weighted by Gasteiger charge is -2.30. The third-order valence-electron chi connectivity index (χ3n) is 3.07. The summed E-state index contributed by atoms with van der Waals surface area (Å²) in [7, 11) is 1.25. The first-order valence-corrected chi connectivity index (χ1v) is 6.34. The number of amides is 1. The molecule has 0 bridgehead atoms. The Kier molecular flexibility index (Phi) is 4.83. The van der Waals surface area contributed by atoms with Crippen molar-refractivity contribution < 1.29 is 19.1 Å². The number of hydrogen-bond acceptors (Lipinski definition) is 5. The Morgan fingerprint density at radius 3 is 2.45 bits per heavy atom. The molecule has 1 saturated heterocycles. The molecule has 1 fully saturated rings. The molecule has 8 nitrogen and oxygen atoms in total. The van der Waals surface area contributed by atoms with E-state index in [9.17, 15) is 9.59 Å². The van der Waals surface area contributed by atoms with Crippen molar-refractivity contribution in [3.8, 4) is 0 Å². The number of likely N-dealkylation sites (tertiary alicyclic amines) is 1. The predicted molar refractivity (Wildman–Crippen MR) is 70.9 cm³/mol. The van der Waals surface area contributed by atoms with Gasteiger partial charge in [0.05, 0.1) is 13.2 Å². The van der Waals surface area contributed by atoms with Crippen LogP contribution < -0.4 is 0 Å². The summed E-state index contributed by atoms with van der Waals surface area (Å²) in [6, 6.07) is -1.69. The van der Waals surface area contributed by atoms with E-state index in [4.69, 9.17) is 15.0 Å². The van der Waals surface area contributed by atoms with Gasteiger partial charge in [0, 0.05) is 11.0 Å². The molecule has 3 atom stereocenters. The van der Waals surface area contributed by atoms with Crippen LogP contribution >= 0.6 is 0 Å². The van der Waals surface area contributed by atoms with Crippen molar-refractivity contribution in [2.24, 2.45) is 5.11 Å². The molecule has 0 N–H and O–H groups in total. The third-order valence-corrected chi connectivity index (χ3v) is 3.07. The van der Waals surface area contributed by atoms with E-state index in [0.717, 1.165) is 0 Å². The van der Waals surface area contributed by atoms with Crippen LogP contribution in [0.25, 0.3) is 10.4 Å². The first kappa shape index (κ1) is 16.1. The van der Waals surface area contributed by atoms with Gasteiger partial charge in [-0.05, 0) is 39.6 Å². The van der Waals surface area contributed by atoms with Gasteiger partial charge in [0.2, 0.25) is 0 Å². The molecule has 0 aliphatic carbocycles. The number of carbonyl (C=O) groups is 2. The summed E-state index contributed by atoms with van der Waals surface area (Å²) in [6.07, 6.45) is -0.382. The van der Waals surface area contributed by atoms with Crippen molar-refractivity contribution in [3.05, 3.63) is 10.4 Å². The lowest BCUT2D eigenvalue weighted by molar-refractivity contribution is -0.146. The Balaban J connectivity index is 3.00. The molecule has 8 heteroatoms. The lowest BCUT2D eigenvalue weighted by Crippen LogP contribution is -2.47. The first-order chi connectivity index (χ1) is 9.21. The minimum atomic E-state index is -0.791. The fourth-order valence-electron chi connectivity index (χ4n) is 2.17. The summed E-state index contributed by atoms with van der Waals surface area (Å²) in [5, 5.41) is 3.62. The highest BCUT2D eigenvalue weighted by molar-refractivity contribution is 5.82. The molecule has 0 aromatic rings. The van der Waals surface area contributed by atoms with Crippen LogP contribution in [0.15, 0.2) is 5.11 Å². The summed E-state index contributed by atoms with van der Waals surface area (Å²) in [6.45, 7) is 6.93. The maximum absolute atomic E-state index is 12.2. The number of ether oxygens (including phenoxy) is 2. The molecule has 1 rings (SSSR count). The third kappa shape index (κ3) is 3.54. The van der Waals surface area contributed by atoms with E-state index in [1.54, 1.807) is 27.7 Å². The molecule has 0 radical (unpaired) electrons. The number of hydrogen-bond donors (Lipinski definition) is 0. The van der Waals surface area contributed by atoms with E-state index in [0.29, 0.717) is 0 Å². The fourth-order valence-corrected chi connectivity index (χ4v) is 2.17. The summed E-state index contributed by atoms with van der Waals surface area (Å²) in [5.41, 5.74) is 7.87. The molecule has 0 aromatic carbocycles. The molecule has 1 heterocycles. The van der Waals surface area contributed by atoms with Crippen LogP contribution in [0.3, 0.4) is 0 Å². The number of rotatable bonds is 2. The highest BCUT2D eigenvalue weighted by Gasteiger charge is 2.46. The summed E-state index contributed by atoms with van der Waals surface area (Å²) < 4.78 is 9.98.